The number of hydrogen-bond donors (Lipinski definition) is 0. The maximum atomic E-state index is 6.28. The van der Waals surface area contributed by atoms with Crippen LogP contribution >= 0.6 is 11.6 Å². The molecular weight excluding hydrogens is 288 g/mol. The molecule has 3 rings (SSSR count). The molecule has 2 aromatic heterocycles. The molecule has 3 aromatic rings. The Hall–Kier alpha value is -1.88. The maximum Gasteiger partial charge on any atom is 0.223 e. The van der Waals surface area contributed by atoms with Gasteiger partial charge in [-0.3, -0.25) is 0 Å². The van der Waals surface area contributed by atoms with Gasteiger partial charge in [0.2, 0.25) is 5.89 Å². The van der Waals surface area contributed by atoms with Gasteiger partial charge in [-0.2, -0.15) is 4.98 Å². The SMILES string of the molecule is Cc1nc(CCn2c(C(C)Cl)nc3c(C)cccc32)no1. The minimum atomic E-state index is -0.149. The quantitative estimate of drug-likeness (QED) is 0.691. The zero-order chi connectivity index (χ0) is 15.0. The molecule has 0 aliphatic carbocycles. The summed E-state index contributed by atoms with van der Waals surface area (Å²) in [4.78, 5) is 8.93. The van der Waals surface area contributed by atoms with Crippen LogP contribution in [0.2, 0.25) is 0 Å². The highest BCUT2D eigenvalue weighted by atomic mass is 35.5. The van der Waals surface area contributed by atoms with E-state index in [2.05, 4.69) is 33.8 Å². The van der Waals surface area contributed by atoms with Crippen molar-refractivity contribution in [2.45, 2.75) is 39.1 Å². The first-order valence-electron chi connectivity index (χ1n) is 6.95. The summed E-state index contributed by atoms with van der Waals surface area (Å²) in [6.45, 7) is 6.52. The summed E-state index contributed by atoms with van der Waals surface area (Å²) in [5, 5.41) is 3.79. The fourth-order valence-corrected chi connectivity index (χ4v) is 2.66. The molecule has 0 N–H and O–H groups in total. The molecule has 1 unspecified atom stereocenters. The zero-order valence-electron chi connectivity index (χ0n) is 12.3. The highest BCUT2D eigenvalue weighted by molar-refractivity contribution is 6.20. The number of halogens is 1. The van der Waals surface area contributed by atoms with Crippen LogP contribution in [0.5, 0.6) is 0 Å². The number of rotatable bonds is 4. The number of para-hydroxylation sites is 1. The van der Waals surface area contributed by atoms with Crippen molar-refractivity contribution in [2.75, 3.05) is 0 Å². The lowest BCUT2D eigenvalue weighted by atomic mass is 10.2. The summed E-state index contributed by atoms with van der Waals surface area (Å²) in [6.07, 6.45) is 0.688. The van der Waals surface area contributed by atoms with Crippen molar-refractivity contribution in [3.63, 3.8) is 0 Å². The number of imidazole rings is 1. The molecule has 5 nitrogen and oxygen atoms in total. The number of aryl methyl sites for hydroxylation is 4. The molecular formula is C15H17ClN4O. The highest BCUT2D eigenvalue weighted by Gasteiger charge is 2.16. The van der Waals surface area contributed by atoms with Gasteiger partial charge in [0.25, 0.3) is 0 Å². The van der Waals surface area contributed by atoms with Crippen molar-refractivity contribution < 1.29 is 4.52 Å². The Morgan fingerprint density at radius 2 is 2.10 bits per heavy atom. The lowest BCUT2D eigenvalue weighted by Crippen LogP contribution is -2.07. The standard InChI is InChI=1S/C15H17ClN4O/c1-9-5-4-6-12-14(9)18-15(10(2)16)20(12)8-7-13-17-11(3)21-19-13/h4-6,10H,7-8H2,1-3H3. The van der Waals surface area contributed by atoms with Crippen LogP contribution in [0.15, 0.2) is 22.7 Å². The molecule has 0 saturated carbocycles. The molecule has 0 radical (unpaired) electrons. The van der Waals surface area contributed by atoms with E-state index in [0.717, 1.165) is 29.0 Å². The second kappa shape index (κ2) is 5.48. The van der Waals surface area contributed by atoms with Crippen molar-refractivity contribution in [2.24, 2.45) is 0 Å². The summed E-state index contributed by atoms with van der Waals surface area (Å²) in [6, 6.07) is 6.17. The van der Waals surface area contributed by atoms with Gasteiger partial charge in [0.1, 0.15) is 5.82 Å². The molecule has 0 fully saturated rings. The van der Waals surface area contributed by atoms with Crippen LogP contribution in [0.25, 0.3) is 11.0 Å². The van der Waals surface area contributed by atoms with Gasteiger partial charge in [-0.15, -0.1) is 11.6 Å². The van der Waals surface area contributed by atoms with E-state index in [-0.39, 0.29) is 5.38 Å². The minimum absolute atomic E-state index is 0.149. The summed E-state index contributed by atoms with van der Waals surface area (Å²) in [5.74, 6) is 2.17. The van der Waals surface area contributed by atoms with Crippen molar-refractivity contribution in [3.05, 3.63) is 41.3 Å². The predicted molar refractivity (Wildman–Crippen MR) is 81.5 cm³/mol. The third kappa shape index (κ3) is 2.65. The molecule has 2 heterocycles. The Bertz CT molecular complexity index is 775. The van der Waals surface area contributed by atoms with Gasteiger partial charge >= 0.3 is 0 Å². The van der Waals surface area contributed by atoms with Crippen molar-refractivity contribution in [1.82, 2.24) is 19.7 Å². The molecule has 1 aromatic carbocycles. The van der Waals surface area contributed by atoms with Gasteiger partial charge in [-0.05, 0) is 25.5 Å². The van der Waals surface area contributed by atoms with E-state index in [4.69, 9.17) is 21.1 Å². The molecule has 0 aliphatic heterocycles. The normalized spacial score (nSPS) is 13.0. The number of nitrogens with zero attached hydrogens (tertiary/aromatic N) is 4. The molecule has 0 aliphatic rings. The van der Waals surface area contributed by atoms with Crippen molar-refractivity contribution in [1.29, 1.82) is 0 Å². The molecule has 0 spiro atoms. The van der Waals surface area contributed by atoms with Gasteiger partial charge < -0.3 is 9.09 Å². The van der Waals surface area contributed by atoms with Gasteiger partial charge in [-0.25, -0.2) is 4.98 Å². The van der Waals surface area contributed by atoms with Crippen LogP contribution in [0.3, 0.4) is 0 Å². The van der Waals surface area contributed by atoms with Gasteiger partial charge in [0.05, 0.1) is 16.4 Å². The van der Waals surface area contributed by atoms with Crippen LogP contribution in [-0.4, -0.2) is 19.7 Å². The van der Waals surface area contributed by atoms with E-state index in [9.17, 15) is 0 Å². The summed E-state index contributed by atoms with van der Waals surface area (Å²) < 4.78 is 7.15. The van der Waals surface area contributed by atoms with E-state index in [1.54, 1.807) is 6.92 Å². The van der Waals surface area contributed by atoms with Gasteiger partial charge in [-0.1, -0.05) is 17.3 Å². The van der Waals surface area contributed by atoms with E-state index in [0.29, 0.717) is 18.1 Å². The number of alkyl halides is 1. The topological polar surface area (TPSA) is 56.7 Å². The second-order valence-corrected chi connectivity index (χ2v) is 5.81. The van der Waals surface area contributed by atoms with Crippen molar-refractivity contribution in [3.8, 4) is 0 Å². The fourth-order valence-electron chi connectivity index (χ4n) is 2.50. The zero-order valence-corrected chi connectivity index (χ0v) is 13.1. The molecule has 1 atom stereocenters. The Balaban J connectivity index is 1.99. The molecule has 110 valence electrons. The van der Waals surface area contributed by atoms with Crippen molar-refractivity contribution >= 4 is 22.6 Å². The third-order valence-electron chi connectivity index (χ3n) is 3.49. The Morgan fingerprint density at radius 3 is 2.76 bits per heavy atom. The summed E-state index contributed by atoms with van der Waals surface area (Å²) >= 11 is 6.28. The first kappa shape index (κ1) is 14.1. The van der Waals surface area contributed by atoms with E-state index in [1.807, 2.05) is 13.0 Å². The minimum Gasteiger partial charge on any atom is -0.340 e. The summed E-state index contributed by atoms with van der Waals surface area (Å²) in [5.41, 5.74) is 3.25. The van der Waals surface area contributed by atoms with Crippen LogP contribution in [0.4, 0.5) is 0 Å². The number of benzene rings is 1. The monoisotopic (exact) mass is 304 g/mol. The maximum absolute atomic E-state index is 6.28. The molecule has 0 saturated heterocycles. The smallest absolute Gasteiger partial charge is 0.223 e. The number of fused-ring (bicyclic) bond motifs is 1. The third-order valence-corrected chi connectivity index (χ3v) is 3.69. The van der Waals surface area contributed by atoms with Crippen LogP contribution in [0.1, 0.15) is 35.4 Å². The van der Waals surface area contributed by atoms with Crippen LogP contribution in [-0.2, 0) is 13.0 Å². The van der Waals surface area contributed by atoms with E-state index < -0.39 is 0 Å². The first-order chi connectivity index (χ1) is 10.1. The van der Waals surface area contributed by atoms with Crippen LogP contribution < -0.4 is 0 Å². The Kier molecular flexibility index (Phi) is 3.68. The average Bonchev–Trinajstić information content (AvgIpc) is 3.01. The Labute approximate surface area is 127 Å². The fraction of sp³-hybridized carbons (Fsp3) is 0.400. The lowest BCUT2D eigenvalue weighted by Gasteiger charge is -2.09. The van der Waals surface area contributed by atoms with E-state index >= 15 is 0 Å². The van der Waals surface area contributed by atoms with Gasteiger partial charge in [0, 0.05) is 19.9 Å². The molecule has 0 amide bonds. The second-order valence-electron chi connectivity index (χ2n) is 5.16. The van der Waals surface area contributed by atoms with Gasteiger partial charge in [0.15, 0.2) is 5.82 Å². The molecule has 21 heavy (non-hydrogen) atoms. The van der Waals surface area contributed by atoms with E-state index in [1.165, 1.54) is 0 Å². The predicted octanol–water partition coefficient (Wildman–Crippen LogP) is 3.58. The van der Waals surface area contributed by atoms with Crippen LogP contribution in [0, 0.1) is 13.8 Å². The highest BCUT2D eigenvalue weighted by Crippen LogP contribution is 2.26. The first-order valence-corrected chi connectivity index (χ1v) is 7.39. The Morgan fingerprint density at radius 1 is 1.29 bits per heavy atom. The lowest BCUT2D eigenvalue weighted by molar-refractivity contribution is 0.386. The largest absolute Gasteiger partial charge is 0.340 e. The number of hydrogen-bond acceptors (Lipinski definition) is 4. The summed E-state index contributed by atoms with van der Waals surface area (Å²) in [7, 11) is 0. The average molecular weight is 305 g/mol. The molecule has 6 heteroatoms. The number of aromatic nitrogens is 4. The molecule has 0 bridgehead atoms.